The molecule has 0 fully saturated rings. The highest BCUT2D eigenvalue weighted by Gasteiger charge is 2.34. The van der Waals surface area contributed by atoms with E-state index in [-0.39, 0.29) is 25.9 Å². The van der Waals surface area contributed by atoms with E-state index in [2.05, 4.69) is 33.0 Å². The van der Waals surface area contributed by atoms with Gasteiger partial charge in [-0.15, -0.1) is 0 Å². The largest absolute Gasteiger partial charge is 0.493 e. The molecule has 3 aromatic carbocycles. The van der Waals surface area contributed by atoms with E-state index in [4.69, 9.17) is 21.1 Å². The van der Waals surface area contributed by atoms with Crippen LogP contribution in [-0.2, 0) is 12.8 Å². The molecule has 0 bridgehead atoms. The lowest BCUT2D eigenvalue weighted by molar-refractivity contribution is 0.0287. The van der Waals surface area contributed by atoms with Crippen molar-refractivity contribution in [1.29, 1.82) is 0 Å². The van der Waals surface area contributed by atoms with E-state index in [9.17, 15) is 15.0 Å². The second-order valence-corrected chi connectivity index (χ2v) is 11.9. The van der Waals surface area contributed by atoms with Gasteiger partial charge in [-0.25, -0.2) is 4.79 Å². The zero-order chi connectivity index (χ0) is 28.3. The summed E-state index contributed by atoms with van der Waals surface area (Å²) in [5.41, 5.74) is 3.73. The minimum atomic E-state index is -0.698. The van der Waals surface area contributed by atoms with Gasteiger partial charge in [-0.05, 0) is 85.0 Å². The normalized spacial score (nSPS) is 15.2. The number of nitrogens with zero attached hydrogens (tertiary/aromatic N) is 1. The third-order valence-electron chi connectivity index (χ3n) is 7.45. The molecular weight excluding hydrogens is 596 g/mol. The van der Waals surface area contributed by atoms with Crippen LogP contribution in [0.1, 0.15) is 36.2 Å². The van der Waals surface area contributed by atoms with Gasteiger partial charge < -0.3 is 24.7 Å². The summed E-state index contributed by atoms with van der Waals surface area (Å²) in [5, 5.41) is 20.7. The van der Waals surface area contributed by atoms with Crippen LogP contribution in [0.25, 0.3) is 10.9 Å². The van der Waals surface area contributed by atoms with Gasteiger partial charge in [0.2, 0.25) is 0 Å². The van der Waals surface area contributed by atoms with E-state index in [1.807, 2.05) is 35.2 Å². The average Bonchev–Trinajstić information content (AvgIpc) is 3.34. The molecule has 0 radical (unpaired) electrons. The van der Waals surface area contributed by atoms with Crippen molar-refractivity contribution in [1.82, 2.24) is 9.88 Å². The average molecular weight is 628 g/mol. The summed E-state index contributed by atoms with van der Waals surface area (Å²) in [7, 11) is 0. The molecule has 0 spiro atoms. The molecule has 0 saturated heterocycles. The Morgan fingerprint density at radius 2 is 1.77 bits per heavy atom. The van der Waals surface area contributed by atoms with E-state index in [1.165, 1.54) is 10.9 Å². The van der Waals surface area contributed by atoms with Crippen LogP contribution in [0, 0.1) is 5.41 Å². The Balaban J connectivity index is 1.35. The highest BCUT2D eigenvalue weighted by Crippen LogP contribution is 2.38. The zero-order valence-electron chi connectivity index (χ0n) is 22.2. The predicted molar refractivity (Wildman–Crippen MR) is 159 cm³/mol. The van der Waals surface area contributed by atoms with Gasteiger partial charge in [0, 0.05) is 38.1 Å². The highest BCUT2D eigenvalue weighted by molar-refractivity contribution is 9.10. The molecular formula is C31H32BrClN2O5. The van der Waals surface area contributed by atoms with Crippen molar-refractivity contribution in [3.63, 3.8) is 0 Å². The Hall–Kier alpha value is -3.04. The molecule has 40 heavy (non-hydrogen) atoms. The molecule has 1 aromatic heterocycles. The minimum Gasteiger partial charge on any atom is -0.493 e. The first-order valence-corrected chi connectivity index (χ1v) is 14.4. The summed E-state index contributed by atoms with van der Waals surface area (Å²) in [4.78, 5) is 18.8. The Bertz CT molecular complexity index is 1470. The molecule has 0 saturated carbocycles. The minimum absolute atomic E-state index is 0.160. The number of aliphatic hydroxyl groups is 2. The lowest BCUT2D eigenvalue weighted by Gasteiger charge is -2.35. The number of aromatic nitrogens is 1. The number of rotatable bonds is 9. The number of aliphatic hydroxyl groups excluding tert-OH is 2. The molecule has 4 aromatic rings. The second-order valence-electron chi connectivity index (χ2n) is 10.6. The number of ether oxygens (including phenoxy) is 2. The Kier molecular flexibility index (Phi) is 8.71. The van der Waals surface area contributed by atoms with Crippen molar-refractivity contribution in [2.45, 2.75) is 32.2 Å². The van der Waals surface area contributed by atoms with Crippen molar-refractivity contribution in [3.8, 4) is 11.5 Å². The quantitative estimate of drug-likeness (QED) is 0.192. The molecule has 1 aliphatic heterocycles. The van der Waals surface area contributed by atoms with E-state index in [0.29, 0.717) is 29.5 Å². The maximum atomic E-state index is 13.4. The first-order valence-electron chi connectivity index (χ1n) is 13.3. The number of carbonyl (C=O) groups excluding carboxylic acids is 1. The molecule has 3 N–H and O–H groups in total. The van der Waals surface area contributed by atoms with Crippen LogP contribution in [0.2, 0.25) is 5.02 Å². The fourth-order valence-electron chi connectivity index (χ4n) is 4.97. The lowest BCUT2D eigenvalue weighted by Crippen LogP contribution is -2.41. The van der Waals surface area contributed by atoms with Gasteiger partial charge in [0.1, 0.15) is 11.5 Å². The number of aromatic amines is 1. The maximum absolute atomic E-state index is 13.4. The lowest BCUT2D eigenvalue weighted by atomic mass is 9.93. The SMILES string of the molecule is CC(CO)(CO)COc1ccc(CCC2c3[nH]c4ccc(Br)cc4c3CCN2C(=O)Oc2ccc(Cl)cc2)cc1. The second kappa shape index (κ2) is 12.2. The van der Waals surface area contributed by atoms with Gasteiger partial charge >= 0.3 is 6.09 Å². The molecule has 2 heterocycles. The summed E-state index contributed by atoms with van der Waals surface area (Å²) in [5.74, 6) is 1.12. The molecule has 0 aliphatic carbocycles. The molecule has 7 nitrogen and oxygen atoms in total. The molecule has 1 amide bonds. The fraction of sp³-hybridized carbons (Fsp3) is 0.323. The van der Waals surface area contributed by atoms with Gasteiger partial charge in [0.15, 0.2) is 0 Å². The summed E-state index contributed by atoms with van der Waals surface area (Å²) >= 11 is 9.59. The topological polar surface area (TPSA) is 95.0 Å². The van der Waals surface area contributed by atoms with Crippen molar-refractivity contribution in [3.05, 3.63) is 93.0 Å². The number of amides is 1. The molecule has 1 unspecified atom stereocenters. The van der Waals surface area contributed by atoms with Gasteiger partial charge in [0.25, 0.3) is 0 Å². The summed E-state index contributed by atoms with van der Waals surface area (Å²) in [6.07, 6.45) is 1.77. The molecule has 9 heteroatoms. The number of hydrogen-bond acceptors (Lipinski definition) is 5. The van der Waals surface area contributed by atoms with Gasteiger partial charge in [-0.2, -0.15) is 0 Å². The van der Waals surface area contributed by atoms with Crippen molar-refractivity contribution >= 4 is 44.5 Å². The van der Waals surface area contributed by atoms with Crippen LogP contribution in [0.5, 0.6) is 11.5 Å². The molecule has 5 rings (SSSR count). The zero-order valence-corrected chi connectivity index (χ0v) is 24.5. The molecule has 1 aliphatic rings. The molecule has 1 atom stereocenters. The monoisotopic (exact) mass is 626 g/mol. The van der Waals surface area contributed by atoms with Gasteiger partial charge in [0.05, 0.1) is 25.9 Å². The Morgan fingerprint density at radius 1 is 1.07 bits per heavy atom. The van der Waals surface area contributed by atoms with Crippen LogP contribution in [0.15, 0.2) is 71.2 Å². The Labute approximate surface area is 246 Å². The number of benzene rings is 3. The smallest absolute Gasteiger partial charge is 0.415 e. The number of hydrogen-bond donors (Lipinski definition) is 3. The third-order valence-corrected chi connectivity index (χ3v) is 8.19. The van der Waals surface area contributed by atoms with Crippen LogP contribution < -0.4 is 9.47 Å². The summed E-state index contributed by atoms with van der Waals surface area (Å²) < 4.78 is 12.6. The number of carbonyl (C=O) groups is 1. The van der Waals surface area contributed by atoms with Crippen LogP contribution in [0.3, 0.4) is 0 Å². The number of nitrogens with one attached hydrogen (secondary N) is 1. The van der Waals surface area contributed by atoms with E-state index in [0.717, 1.165) is 34.1 Å². The number of H-pyrrole nitrogens is 1. The Morgan fingerprint density at radius 3 is 2.48 bits per heavy atom. The van der Waals surface area contributed by atoms with Crippen molar-refractivity contribution < 1.29 is 24.5 Å². The van der Waals surface area contributed by atoms with E-state index < -0.39 is 11.5 Å². The predicted octanol–water partition coefficient (Wildman–Crippen LogP) is 6.68. The van der Waals surface area contributed by atoms with E-state index in [1.54, 1.807) is 31.2 Å². The maximum Gasteiger partial charge on any atom is 0.415 e. The fourth-order valence-corrected chi connectivity index (χ4v) is 5.46. The number of fused-ring (bicyclic) bond motifs is 3. The first-order chi connectivity index (χ1) is 19.3. The number of aryl methyl sites for hydroxylation is 1. The van der Waals surface area contributed by atoms with Gasteiger partial charge in [-0.1, -0.05) is 46.6 Å². The third kappa shape index (κ3) is 6.31. The number of halogens is 2. The first kappa shape index (κ1) is 28.5. The van der Waals surface area contributed by atoms with Gasteiger partial charge in [-0.3, -0.25) is 4.90 Å². The van der Waals surface area contributed by atoms with Crippen molar-refractivity contribution in [2.24, 2.45) is 5.41 Å². The summed E-state index contributed by atoms with van der Waals surface area (Å²) in [6.45, 7) is 2.21. The van der Waals surface area contributed by atoms with Crippen LogP contribution in [0.4, 0.5) is 4.79 Å². The van der Waals surface area contributed by atoms with E-state index >= 15 is 0 Å². The van der Waals surface area contributed by atoms with Crippen LogP contribution in [-0.4, -0.2) is 52.6 Å². The van der Waals surface area contributed by atoms with Crippen LogP contribution >= 0.6 is 27.5 Å². The standard InChI is InChI=1S/C31H32BrClN2O5/c1-31(17-36,18-37)19-39-23-8-2-20(3-9-23)4-13-28-29-25(26-16-21(32)5-12-27(26)34-29)14-15-35(28)30(38)40-24-10-6-22(33)7-11-24/h2-3,5-12,16,28,34,36-37H,4,13-15,17-19H2,1H3. The summed E-state index contributed by atoms with van der Waals surface area (Å²) in [6, 6.07) is 20.6. The highest BCUT2D eigenvalue weighted by atomic mass is 79.9. The van der Waals surface area contributed by atoms with Crippen molar-refractivity contribution in [2.75, 3.05) is 26.4 Å². The molecule has 210 valence electrons.